The van der Waals surface area contributed by atoms with Gasteiger partial charge >= 0.3 is 0 Å². The molecule has 6 heteroatoms. The molecule has 1 aromatic carbocycles. The van der Waals surface area contributed by atoms with Crippen LogP contribution in [0.4, 0.5) is 0 Å². The average Bonchev–Trinajstić information content (AvgIpc) is 3.49. The summed E-state index contributed by atoms with van der Waals surface area (Å²) in [6, 6.07) is 5.71. The number of nitrogens with zero attached hydrogens (tertiary/aromatic N) is 2. The van der Waals surface area contributed by atoms with Crippen molar-refractivity contribution < 1.29 is 11.0 Å². The zero-order valence-corrected chi connectivity index (χ0v) is 18.8. The van der Waals surface area contributed by atoms with Crippen molar-refractivity contribution in [2.45, 2.75) is 64.8 Å². The number of hydrogen-bond donors (Lipinski definition) is 1. The summed E-state index contributed by atoms with van der Waals surface area (Å²) >= 11 is 0. The summed E-state index contributed by atoms with van der Waals surface area (Å²) in [5.74, 6) is -0.105. The Morgan fingerprint density at radius 1 is 1.28 bits per heavy atom. The fourth-order valence-electron chi connectivity index (χ4n) is 4.32. The predicted octanol–water partition coefficient (Wildman–Crippen LogP) is 2.48. The van der Waals surface area contributed by atoms with Crippen LogP contribution in [0.5, 0.6) is 0 Å². The first kappa shape index (κ1) is 23.5. The van der Waals surface area contributed by atoms with E-state index in [2.05, 4.69) is 17.3 Å². The van der Waals surface area contributed by atoms with Gasteiger partial charge in [0.15, 0.2) is 0 Å². The highest BCUT2D eigenvalue weighted by molar-refractivity contribution is 6.32. The SMILES string of the molecule is CC.CC.[B]c1ccc2c(c1)C1(CC1)CN(CC(=O)N[C@@H]1CCCN(C)C1)C2=O.[HH]. The Morgan fingerprint density at radius 2 is 1.97 bits per heavy atom. The number of carbonyl (C=O) groups excluding carboxylic acids is 2. The summed E-state index contributed by atoms with van der Waals surface area (Å²) in [4.78, 5) is 29.3. The number of carbonyl (C=O) groups is 2. The van der Waals surface area contributed by atoms with Crippen LogP contribution in [-0.4, -0.2) is 68.7 Å². The van der Waals surface area contributed by atoms with Crippen molar-refractivity contribution in [3.05, 3.63) is 29.3 Å². The number of rotatable bonds is 3. The van der Waals surface area contributed by atoms with Gasteiger partial charge < -0.3 is 15.1 Å². The molecular weight excluding hydrogens is 361 g/mol. The normalized spacial score (nSPS) is 21.9. The molecule has 0 bridgehead atoms. The minimum Gasteiger partial charge on any atom is -0.351 e. The zero-order valence-electron chi connectivity index (χ0n) is 18.8. The summed E-state index contributed by atoms with van der Waals surface area (Å²) in [5.41, 5.74) is 2.50. The van der Waals surface area contributed by atoms with Gasteiger partial charge in [-0.2, -0.15) is 0 Å². The maximum Gasteiger partial charge on any atom is 0.254 e. The molecule has 4 rings (SSSR count). The second-order valence-corrected chi connectivity index (χ2v) is 7.92. The molecule has 1 saturated carbocycles. The maximum atomic E-state index is 12.8. The van der Waals surface area contributed by atoms with Crippen LogP contribution < -0.4 is 10.8 Å². The molecule has 1 spiro atoms. The van der Waals surface area contributed by atoms with Crippen LogP contribution >= 0.6 is 0 Å². The first-order valence-electron chi connectivity index (χ1n) is 11.1. The Balaban J connectivity index is 0.000000851. The molecule has 2 amide bonds. The first-order valence-corrected chi connectivity index (χ1v) is 11.1. The van der Waals surface area contributed by atoms with Crippen molar-refractivity contribution >= 4 is 25.1 Å². The van der Waals surface area contributed by atoms with Gasteiger partial charge in [0.05, 0.1) is 6.54 Å². The van der Waals surface area contributed by atoms with Gasteiger partial charge in [0, 0.05) is 31.5 Å². The lowest BCUT2D eigenvalue weighted by Crippen LogP contribution is -2.52. The molecule has 1 N–H and O–H groups in total. The van der Waals surface area contributed by atoms with Crippen molar-refractivity contribution in [1.29, 1.82) is 0 Å². The van der Waals surface area contributed by atoms with Gasteiger partial charge in [0.1, 0.15) is 7.85 Å². The number of likely N-dealkylation sites (tertiary alicyclic amines) is 1. The Bertz CT molecular complexity index is 724. The third kappa shape index (κ3) is 5.41. The molecule has 3 aliphatic rings. The molecule has 2 heterocycles. The van der Waals surface area contributed by atoms with Gasteiger partial charge in [0.2, 0.25) is 5.91 Å². The molecule has 0 unspecified atom stereocenters. The van der Waals surface area contributed by atoms with E-state index in [0.29, 0.717) is 17.6 Å². The Morgan fingerprint density at radius 3 is 2.59 bits per heavy atom. The van der Waals surface area contributed by atoms with Gasteiger partial charge in [-0.1, -0.05) is 45.3 Å². The van der Waals surface area contributed by atoms with E-state index in [4.69, 9.17) is 7.85 Å². The summed E-state index contributed by atoms with van der Waals surface area (Å²) in [6.45, 7) is 10.7. The summed E-state index contributed by atoms with van der Waals surface area (Å²) in [5, 5.41) is 3.10. The lowest BCUT2D eigenvalue weighted by Gasteiger charge is -2.35. The minimum absolute atomic E-state index is 0. The quantitative estimate of drug-likeness (QED) is 0.795. The highest BCUT2D eigenvalue weighted by atomic mass is 16.2. The van der Waals surface area contributed by atoms with E-state index in [1.54, 1.807) is 11.0 Å². The van der Waals surface area contributed by atoms with E-state index < -0.39 is 0 Å². The zero-order chi connectivity index (χ0) is 21.6. The van der Waals surface area contributed by atoms with Gasteiger partial charge in [-0.3, -0.25) is 9.59 Å². The number of benzene rings is 1. The number of nitrogens with one attached hydrogen (secondary N) is 1. The predicted molar refractivity (Wildman–Crippen MR) is 122 cm³/mol. The van der Waals surface area contributed by atoms with Gasteiger partial charge in [-0.15, -0.1) is 0 Å². The van der Waals surface area contributed by atoms with E-state index in [-0.39, 0.29) is 31.2 Å². The lowest BCUT2D eigenvalue weighted by atomic mass is 9.82. The number of fused-ring (bicyclic) bond motifs is 2. The van der Waals surface area contributed by atoms with E-state index in [9.17, 15) is 9.59 Å². The van der Waals surface area contributed by atoms with Crippen molar-refractivity contribution in [3.8, 4) is 0 Å². The van der Waals surface area contributed by atoms with Crippen LogP contribution in [0.3, 0.4) is 0 Å². The van der Waals surface area contributed by atoms with Crippen molar-refractivity contribution in [2.24, 2.45) is 0 Å². The van der Waals surface area contributed by atoms with E-state index in [0.717, 1.165) is 44.3 Å². The van der Waals surface area contributed by atoms with Gasteiger partial charge in [0.25, 0.3) is 5.91 Å². The first-order chi connectivity index (χ1) is 14.0. The van der Waals surface area contributed by atoms with Crippen molar-refractivity contribution in [1.82, 2.24) is 15.1 Å². The van der Waals surface area contributed by atoms with E-state index in [1.165, 1.54) is 0 Å². The fraction of sp³-hybridized carbons (Fsp3) is 0.652. The van der Waals surface area contributed by atoms with Crippen LogP contribution in [0.1, 0.15) is 70.7 Å². The summed E-state index contributed by atoms with van der Waals surface area (Å²) in [7, 11) is 7.99. The van der Waals surface area contributed by atoms with Crippen LogP contribution in [-0.2, 0) is 10.2 Å². The summed E-state index contributed by atoms with van der Waals surface area (Å²) in [6.07, 6.45) is 4.22. The highest BCUT2D eigenvalue weighted by Gasteiger charge is 2.51. The topological polar surface area (TPSA) is 52.7 Å². The molecule has 0 aromatic heterocycles. The van der Waals surface area contributed by atoms with Gasteiger partial charge in [-0.25, -0.2) is 0 Å². The Labute approximate surface area is 179 Å². The monoisotopic (exact) mass is 399 g/mol. The largest absolute Gasteiger partial charge is 0.351 e. The van der Waals surface area contributed by atoms with Crippen molar-refractivity contribution in [2.75, 3.05) is 33.2 Å². The van der Waals surface area contributed by atoms with Crippen LogP contribution in [0.25, 0.3) is 0 Å². The summed E-state index contributed by atoms with van der Waals surface area (Å²) < 4.78 is 0. The smallest absolute Gasteiger partial charge is 0.254 e. The van der Waals surface area contributed by atoms with Gasteiger partial charge in [-0.05, 0) is 50.9 Å². The van der Waals surface area contributed by atoms with Crippen LogP contribution in [0.2, 0.25) is 0 Å². The Hall–Kier alpha value is -1.82. The third-order valence-corrected chi connectivity index (χ3v) is 5.80. The third-order valence-electron chi connectivity index (χ3n) is 5.80. The molecule has 1 aromatic rings. The number of hydrogen-bond acceptors (Lipinski definition) is 3. The molecule has 2 radical (unpaired) electrons. The van der Waals surface area contributed by atoms with E-state index >= 15 is 0 Å². The molecule has 1 saturated heterocycles. The number of amides is 2. The molecule has 1 atom stereocenters. The average molecular weight is 399 g/mol. The number of piperidine rings is 1. The molecule has 2 fully saturated rings. The second-order valence-electron chi connectivity index (χ2n) is 7.92. The standard InChI is InChI=1S/C19H24BN3O2.2C2H6.H2/c1-22-8-2-3-14(10-22)21-17(24)11-23-12-19(6-7-19)16-9-13(20)4-5-15(16)18(23)25;2*1-2;/h4-5,9,14H,2-3,6-8,10-12H2,1H3,(H,21,24);2*1-2H3;1H/t14-;;;/m1.../s1. The minimum atomic E-state index is -0.0525. The molecule has 1 aliphatic carbocycles. The molecule has 2 aliphatic heterocycles. The molecule has 160 valence electrons. The number of likely N-dealkylation sites (N-methyl/N-ethyl adjacent to an activating group) is 1. The van der Waals surface area contributed by atoms with Crippen LogP contribution in [0.15, 0.2) is 18.2 Å². The highest BCUT2D eigenvalue weighted by Crippen LogP contribution is 2.51. The van der Waals surface area contributed by atoms with Crippen molar-refractivity contribution in [3.63, 3.8) is 0 Å². The van der Waals surface area contributed by atoms with E-state index in [1.807, 2.05) is 39.8 Å². The Kier molecular flexibility index (Phi) is 8.32. The second kappa shape index (κ2) is 10.3. The maximum absolute atomic E-state index is 12.8. The lowest BCUT2D eigenvalue weighted by molar-refractivity contribution is -0.123. The molecule has 29 heavy (non-hydrogen) atoms. The molecular formula is C23H38BN3O2. The molecule has 5 nitrogen and oxygen atoms in total. The van der Waals surface area contributed by atoms with Crippen LogP contribution in [0, 0.1) is 0 Å². The fourth-order valence-corrected chi connectivity index (χ4v) is 4.32.